The lowest BCUT2D eigenvalue weighted by atomic mass is 10.1. The van der Waals surface area contributed by atoms with E-state index in [1.807, 2.05) is 19.3 Å². The van der Waals surface area contributed by atoms with E-state index in [0.29, 0.717) is 12.2 Å². The standard InChI is InChI=1S/C19H20N8O/c1-21-17-14-6-15-16(13(14)2-4-24-17)18(27-5-3-11(20)9-27)26-19(25-15)28-12-7-22-10-23-8-12/h2,4,7-8,10-11H,3,5-6,9,20H2,1H3,(H,21,24)/t11-/m1/s1. The number of aromatic nitrogens is 5. The number of pyridine rings is 1. The number of anilines is 2. The number of ether oxygens (including phenoxy) is 1. The fraction of sp³-hybridized carbons (Fsp3) is 0.316. The smallest absolute Gasteiger partial charge is 0.324 e. The van der Waals surface area contributed by atoms with E-state index in [0.717, 1.165) is 53.5 Å². The molecule has 1 fully saturated rings. The second-order valence-corrected chi connectivity index (χ2v) is 6.93. The SMILES string of the molecule is CNc1nccc2c1Cc1nc(Oc3cncnc3)nc(N3CC[C@@H](N)C3)c1-2. The average molecular weight is 376 g/mol. The Morgan fingerprint density at radius 2 is 2.11 bits per heavy atom. The van der Waals surface area contributed by atoms with Gasteiger partial charge in [-0.25, -0.2) is 15.0 Å². The van der Waals surface area contributed by atoms with Crippen molar-refractivity contribution in [2.45, 2.75) is 18.9 Å². The van der Waals surface area contributed by atoms with Crippen LogP contribution in [0.15, 0.2) is 31.0 Å². The topological polar surface area (TPSA) is 115 Å². The normalized spacial score (nSPS) is 17.4. The molecule has 0 radical (unpaired) electrons. The van der Waals surface area contributed by atoms with Gasteiger partial charge in [0.1, 0.15) is 18.0 Å². The van der Waals surface area contributed by atoms with Crippen LogP contribution < -0.4 is 20.7 Å². The maximum Gasteiger partial charge on any atom is 0.324 e. The van der Waals surface area contributed by atoms with E-state index in [2.05, 4.69) is 30.2 Å². The van der Waals surface area contributed by atoms with Crippen LogP contribution >= 0.6 is 0 Å². The van der Waals surface area contributed by atoms with E-state index >= 15 is 0 Å². The van der Waals surface area contributed by atoms with Crippen LogP contribution in [0.1, 0.15) is 17.7 Å². The molecular formula is C19H20N8O. The monoisotopic (exact) mass is 376 g/mol. The van der Waals surface area contributed by atoms with Crippen LogP contribution in [0.3, 0.4) is 0 Å². The van der Waals surface area contributed by atoms with Crippen molar-refractivity contribution < 1.29 is 4.74 Å². The molecule has 0 spiro atoms. The Morgan fingerprint density at radius 3 is 2.86 bits per heavy atom. The van der Waals surface area contributed by atoms with Crippen molar-refractivity contribution >= 4 is 11.6 Å². The predicted molar refractivity (Wildman–Crippen MR) is 105 cm³/mol. The summed E-state index contributed by atoms with van der Waals surface area (Å²) in [5, 5.41) is 3.17. The molecule has 0 unspecified atom stereocenters. The van der Waals surface area contributed by atoms with Crippen LogP contribution in [0.5, 0.6) is 11.8 Å². The van der Waals surface area contributed by atoms with Crippen molar-refractivity contribution in [2.75, 3.05) is 30.4 Å². The lowest BCUT2D eigenvalue weighted by Crippen LogP contribution is -2.27. The number of fused-ring (bicyclic) bond motifs is 3. The van der Waals surface area contributed by atoms with Gasteiger partial charge in [-0.1, -0.05) is 0 Å². The van der Waals surface area contributed by atoms with Crippen LogP contribution in [-0.4, -0.2) is 51.1 Å². The zero-order valence-corrected chi connectivity index (χ0v) is 15.5. The second kappa shape index (κ2) is 6.68. The quantitative estimate of drug-likeness (QED) is 0.548. The van der Waals surface area contributed by atoms with Gasteiger partial charge in [0.25, 0.3) is 0 Å². The Kier molecular flexibility index (Phi) is 4.01. The van der Waals surface area contributed by atoms with Gasteiger partial charge in [-0.3, -0.25) is 0 Å². The van der Waals surface area contributed by atoms with E-state index < -0.39 is 0 Å². The minimum absolute atomic E-state index is 0.142. The number of hydrogen-bond acceptors (Lipinski definition) is 9. The van der Waals surface area contributed by atoms with Crippen LogP contribution in [0.2, 0.25) is 0 Å². The van der Waals surface area contributed by atoms with Gasteiger partial charge in [0.2, 0.25) is 0 Å². The average Bonchev–Trinajstić information content (AvgIpc) is 3.31. The van der Waals surface area contributed by atoms with Crippen LogP contribution in [0.25, 0.3) is 11.1 Å². The van der Waals surface area contributed by atoms with E-state index in [1.54, 1.807) is 12.4 Å². The fourth-order valence-electron chi connectivity index (χ4n) is 3.86. The van der Waals surface area contributed by atoms with Crippen LogP contribution in [0, 0.1) is 0 Å². The zero-order chi connectivity index (χ0) is 19.1. The highest BCUT2D eigenvalue weighted by Crippen LogP contribution is 2.44. The molecule has 3 aromatic rings. The number of nitrogens with one attached hydrogen (secondary N) is 1. The molecular weight excluding hydrogens is 356 g/mol. The molecule has 28 heavy (non-hydrogen) atoms. The highest BCUT2D eigenvalue weighted by molar-refractivity contribution is 5.87. The number of hydrogen-bond donors (Lipinski definition) is 2. The Bertz CT molecular complexity index is 1030. The molecule has 0 bridgehead atoms. The minimum atomic E-state index is 0.142. The van der Waals surface area contributed by atoms with Crippen molar-refractivity contribution in [2.24, 2.45) is 5.73 Å². The highest BCUT2D eigenvalue weighted by Gasteiger charge is 2.32. The molecule has 9 heteroatoms. The van der Waals surface area contributed by atoms with Crippen LogP contribution in [0.4, 0.5) is 11.6 Å². The number of nitrogens with two attached hydrogens (primary N) is 1. The summed E-state index contributed by atoms with van der Waals surface area (Å²) in [6.07, 6.45) is 8.05. The summed E-state index contributed by atoms with van der Waals surface area (Å²) in [6.45, 7) is 1.62. The van der Waals surface area contributed by atoms with E-state index in [9.17, 15) is 0 Å². The van der Waals surface area contributed by atoms with Crippen molar-refractivity contribution in [3.63, 3.8) is 0 Å². The van der Waals surface area contributed by atoms with Gasteiger partial charge >= 0.3 is 6.01 Å². The van der Waals surface area contributed by atoms with Crippen LogP contribution in [-0.2, 0) is 6.42 Å². The fourth-order valence-corrected chi connectivity index (χ4v) is 3.86. The summed E-state index contributed by atoms with van der Waals surface area (Å²) in [6, 6.07) is 2.45. The molecule has 1 atom stereocenters. The third-order valence-corrected chi connectivity index (χ3v) is 5.12. The Hall–Kier alpha value is -3.33. The van der Waals surface area contributed by atoms with E-state index in [4.69, 9.17) is 15.5 Å². The lowest BCUT2D eigenvalue weighted by Gasteiger charge is -2.21. The Balaban J connectivity index is 1.63. The summed E-state index contributed by atoms with van der Waals surface area (Å²) in [4.78, 5) is 24.1. The van der Waals surface area contributed by atoms with Gasteiger partial charge in [0.05, 0.1) is 18.1 Å². The molecule has 1 aliphatic heterocycles. The summed E-state index contributed by atoms with van der Waals surface area (Å²) in [7, 11) is 1.88. The van der Waals surface area contributed by atoms with Gasteiger partial charge in [0.15, 0.2) is 5.75 Å². The predicted octanol–water partition coefficient (Wildman–Crippen LogP) is 1.60. The molecule has 142 valence electrons. The maximum atomic E-state index is 6.16. The lowest BCUT2D eigenvalue weighted by molar-refractivity contribution is 0.436. The first-order chi connectivity index (χ1) is 13.7. The maximum absolute atomic E-state index is 6.16. The third-order valence-electron chi connectivity index (χ3n) is 5.12. The first-order valence-electron chi connectivity index (χ1n) is 9.23. The van der Waals surface area contributed by atoms with Gasteiger partial charge in [-0.05, 0) is 18.1 Å². The van der Waals surface area contributed by atoms with Crippen molar-refractivity contribution in [3.8, 4) is 22.9 Å². The Labute approximate surface area is 162 Å². The molecule has 4 heterocycles. The minimum Gasteiger partial charge on any atom is -0.421 e. The van der Waals surface area contributed by atoms with E-state index in [1.165, 1.54) is 6.33 Å². The molecule has 1 saturated heterocycles. The van der Waals surface area contributed by atoms with Crippen molar-refractivity contribution in [3.05, 3.63) is 42.2 Å². The molecule has 5 rings (SSSR count). The van der Waals surface area contributed by atoms with E-state index in [-0.39, 0.29) is 12.1 Å². The molecule has 2 aliphatic rings. The number of nitrogens with zero attached hydrogens (tertiary/aromatic N) is 6. The van der Waals surface area contributed by atoms with Crippen molar-refractivity contribution in [1.82, 2.24) is 24.9 Å². The Morgan fingerprint density at radius 1 is 1.25 bits per heavy atom. The summed E-state index contributed by atoms with van der Waals surface area (Å²) >= 11 is 0. The molecule has 3 N–H and O–H groups in total. The number of rotatable bonds is 4. The largest absolute Gasteiger partial charge is 0.421 e. The molecule has 0 saturated carbocycles. The molecule has 0 amide bonds. The molecule has 0 aromatic carbocycles. The molecule has 9 nitrogen and oxygen atoms in total. The highest BCUT2D eigenvalue weighted by atomic mass is 16.5. The van der Waals surface area contributed by atoms with Crippen molar-refractivity contribution in [1.29, 1.82) is 0 Å². The summed E-state index contributed by atoms with van der Waals surface area (Å²) in [5.74, 6) is 2.22. The first kappa shape index (κ1) is 16.8. The van der Waals surface area contributed by atoms with Gasteiger partial charge in [-0.15, -0.1) is 0 Å². The molecule has 1 aliphatic carbocycles. The molecule has 3 aromatic heterocycles. The summed E-state index contributed by atoms with van der Waals surface area (Å²) < 4.78 is 5.85. The second-order valence-electron chi connectivity index (χ2n) is 6.93. The van der Waals surface area contributed by atoms with Gasteiger partial charge < -0.3 is 20.7 Å². The zero-order valence-electron chi connectivity index (χ0n) is 15.5. The van der Waals surface area contributed by atoms with Gasteiger partial charge in [0, 0.05) is 49.9 Å². The first-order valence-corrected chi connectivity index (χ1v) is 9.23. The summed E-state index contributed by atoms with van der Waals surface area (Å²) in [5.41, 5.74) is 10.4. The van der Waals surface area contributed by atoms with Gasteiger partial charge in [-0.2, -0.15) is 9.97 Å². The third kappa shape index (κ3) is 2.80.